The van der Waals surface area contributed by atoms with E-state index in [0.717, 1.165) is 43.0 Å². The smallest absolute Gasteiger partial charge is 0.255 e. The van der Waals surface area contributed by atoms with Gasteiger partial charge in [0.15, 0.2) is 0 Å². The second kappa shape index (κ2) is 8.47. The number of piperidine rings is 1. The highest BCUT2D eigenvalue weighted by Crippen LogP contribution is 2.21. The summed E-state index contributed by atoms with van der Waals surface area (Å²) in [4.78, 5) is 19.0. The van der Waals surface area contributed by atoms with Crippen molar-refractivity contribution in [3.8, 4) is 5.69 Å². The van der Waals surface area contributed by atoms with E-state index in [-0.39, 0.29) is 11.9 Å². The number of rotatable bonds is 5. The molecular formula is C23H27N5O. The van der Waals surface area contributed by atoms with Crippen molar-refractivity contribution in [3.05, 3.63) is 72.2 Å². The van der Waals surface area contributed by atoms with Crippen molar-refractivity contribution in [2.24, 2.45) is 5.92 Å². The molecule has 0 bridgehead atoms. The Morgan fingerprint density at radius 1 is 1.14 bits per heavy atom. The minimum atomic E-state index is 0.0817. The SMILES string of the molecule is CC1CCN(C(=O)c2ccc(NC(C)c3ccc(-n4cccn4)cc3)nc2)CC1. The van der Waals surface area contributed by atoms with E-state index in [4.69, 9.17) is 0 Å². The third-order valence-electron chi connectivity index (χ3n) is 5.61. The molecule has 0 aliphatic carbocycles. The Morgan fingerprint density at radius 3 is 2.52 bits per heavy atom. The molecule has 1 aromatic carbocycles. The van der Waals surface area contributed by atoms with Crippen LogP contribution in [0.1, 0.15) is 48.7 Å². The molecule has 1 unspecified atom stereocenters. The Bertz CT molecular complexity index is 926. The molecule has 0 saturated carbocycles. The Kier molecular flexibility index (Phi) is 5.60. The highest BCUT2D eigenvalue weighted by atomic mass is 16.2. The summed E-state index contributed by atoms with van der Waals surface area (Å²) in [7, 11) is 0. The summed E-state index contributed by atoms with van der Waals surface area (Å²) >= 11 is 0. The van der Waals surface area contributed by atoms with Crippen molar-refractivity contribution in [3.63, 3.8) is 0 Å². The highest BCUT2D eigenvalue weighted by molar-refractivity contribution is 5.94. The van der Waals surface area contributed by atoms with Crippen molar-refractivity contribution in [1.29, 1.82) is 0 Å². The largest absolute Gasteiger partial charge is 0.364 e. The number of nitrogens with zero attached hydrogens (tertiary/aromatic N) is 4. The quantitative estimate of drug-likeness (QED) is 0.706. The maximum absolute atomic E-state index is 12.6. The molecule has 29 heavy (non-hydrogen) atoms. The van der Waals surface area contributed by atoms with Crippen LogP contribution in [0.3, 0.4) is 0 Å². The van der Waals surface area contributed by atoms with Gasteiger partial charge in [0.25, 0.3) is 5.91 Å². The lowest BCUT2D eigenvalue weighted by Crippen LogP contribution is -2.37. The van der Waals surface area contributed by atoms with Crippen LogP contribution in [0.5, 0.6) is 0 Å². The van der Waals surface area contributed by atoms with Crippen LogP contribution in [0.2, 0.25) is 0 Å². The number of anilines is 1. The van der Waals surface area contributed by atoms with Gasteiger partial charge >= 0.3 is 0 Å². The summed E-state index contributed by atoms with van der Waals surface area (Å²) in [6.45, 7) is 6.02. The zero-order valence-electron chi connectivity index (χ0n) is 17.0. The lowest BCUT2D eigenvalue weighted by Gasteiger charge is -2.30. The number of likely N-dealkylation sites (tertiary alicyclic amines) is 1. The van der Waals surface area contributed by atoms with Crippen LogP contribution in [0.25, 0.3) is 5.69 Å². The molecule has 6 heteroatoms. The van der Waals surface area contributed by atoms with Crippen molar-refractivity contribution >= 4 is 11.7 Å². The number of nitrogens with one attached hydrogen (secondary N) is 1. The van der Waals surface area contributed by atoms with E-state index in [1.807, 2.05) is 34.0 Å². The zero-order chi connectivity index (χ0) is 20.2. The van der Waals surface area contributed by atoms with Crippen molar-refractivity contribution in [2.45, 2.75) is 32.7 Å². The number of amides is 1. The number of hydrogen-bond acceptors (Lipinski definition) is 4. The van der Waals surface area contributed by atoms with E-state index in [2.05, 4.69) is 53.5 Å². The molecule has 1 saturated heterocycles. The first-order valence-electron chi connectivity index (χ1n) is 10.2. The second-order valence-electron chi connectivity index (χ2n) is 7.82. The molecule has 0 spiro atoms. The molecule has 1 aliphatic heterocycles. The van der Waals surface area contributed by atoms with Crippen LogP contribution in [-0.2, 0) is 0 Å². The van der Waals surface area contributed by atoms with E-state index in [1.165, 1.54) is 0 Å². The van der Waals surface area contributed by atoms with E-state index >= 15 is 0 Å². The molecule has 3 heterocycles. The molecule has 1 aliphatic rings. The topological polar surface area (TPSA) is 63.1 Å². The summed E-state index contributed by atoms with van der Waals surface area (Å²) in [5.74, 6) is 1.55. The third-order valence-corrected chi connectivity index (χ3v) is 5.61. The second-order valence-corrected chi connectivity index (χ2v) is 7.82. The molecule has 2 aromatic heterocycles. The summed E-state index contributed by atoms with van der Waals surface area (Å²) in [6.07, 6.45) is 7.53. The normalized spacial score (nSPS) is 15.9. The standard InChI is InChI=1S/C23H27N5O/c1-17-10-14-27(15-11-17)23(29)20-6-9-22(24-16-20)26-18(2)19-4-7-21(8-5-19)28-13-3-12-25-28/h3-9,12-13,16-18H,10-11,14-15H2,1-2H3,(H,24,26). The van der Waals surface area contributed by atoms with Gasteiger partial charge in [0, 0.05) is 37.7 Å². The Morgan fingerprint density at radius 2 is 1.90 bits per heavy atom. The summed E-state index contributed by atoms with van der Waals surface area (Å²) in [6, 6.07) is 14.0. The van der Waals surface area contributed by atoms with Crippen LogP contribution < -0.4 is 5.32 Å². The van der Waals surface area contributed by atoms with Gasteiger partial charge in [0.2, 0.25) is 0 Å². The highest BCUT2D eigenvalue weighted by Gasteiger charge is 2.21. The molecule has 1 amide bonds. The average molecular weight is 390 g/mol. The first kappa shape index (κ1) is 19.2. The molecule has 1 atom stereocenters. The van der Waals surface area contributed by atoms with Gasteiger partial charge < -0.3 is 10.2 Å². The molecule has 6 nitrogen and oxygen atoms in total. The van der Waals surface area contributed by atoms with Gasteiger partial charge in [-0.2, -0.15) is 5.10 Å². The van der Waals surface area contributed by atoms with Crippen LogP contribution in [-0.4, -0.2) is 38.7 Å². The number of hydrogen-bond donors (Lipinski definition) is 1. The first-order chi connectivity index (χ1) is 14.1. The molecular weight excluding hydrogens is 362 g/mol. The first-order valence-corrected chi connectivity index (χ1v) is 10.2. The summed E-state index contributed by atoms with van der Waals surface area (Å²) < 4.78 is 1.84. The lowest BCUT2D eigenvalue weighted by molar-refractivity contribution is 0.0697. The fourth-order valence-corrected chi connectivity index (χ4v) is 3.64. The summed E-state index contributed by atoms with van der Waals surface area (Å²) in [5.41, 5.74) is 2.84. The maximum atomic E-state index is 12.6. The third kappa shape index (κ3) is 4.47. The van der Waals surface area contributed by atoms with Crippen molar-refractivity contribution < 1.29 is 4.79 Å². The molecule has 150 valence electrons. The number of pyridine rings is 1. The van der Waals surface area contributed by atoms with E-state index in [1.54, 1.807) is 12.4 Å². The van der Waals surface area contributed by atoms with Crippen LogP contribution in [0, 0.1) is 5.92 Å². The van der Waals surface area contributed by atoms with Crippen LogP contribution in [0.15, 0.2) is 61.1 Å². The van der Waals surface area contributed by atoms with Gasteiger partial charge in [-0.3, -0.25) is 4.79 Å². The predicted octanol–water partition coefficient (Wildman–Crippen LogP) is 4.31. The number of carbonyl (C=O) groups is 1. The average Bonchev–Trinajstić information content (AvgIpc) is 3.29. The van der Waals surface area contributed by atoms with Gasteiger partial charge in [0.1, 0.15) is 5.82 Å². The Labute approximate surface area is 171 Å². The van der Waals surface area contributed by atoms with E-state index < -0.39 is 0 Å². The van der Waals surface area contributed by atoms with Gasteiger partial charge in [-0.05, 0) is 61.6 Å². The Balaban J connectivity index is 1.37. The fourth-order valence-electron chi connectivity index (χ4n) is 3.64. The van der Waals surface area contributed by atoms with Crippen molar-refractivity contribution in [1.82, 2.24) is 19.7 Å². The predicted molar refractivity (Wildman–Crippen MR) is 114 cm³/mol. The van der Waals surface area contributed by atoms with E-state index in [0.29, 0.717) is 11.5 Å². The monoisotopic (exact) mass is 389 g/mol. The number of benzene rings is 1. The molecule has 4 rings (SSSR count). The van der Waals surface area contributed by atoms with E-state index in [9.17, 15) is 4.79 Å². The number of carbonyl (C=O) groups excluding carboxylic acids is 1. The number of aromatic nitrogens is 3. The van der Waals surface area contributed by atoms with Gasteiger partial charge in [-0.25, -0.2) is 9.67 Å². The minimum absolute atomic E-state index is 0.0817. The molecule has 1 N–H and O–H groups in total. The zero-order valence-corrected chi connectivity index (χ0v) is 17.0. The molecule has 0 radical (unpaired) electrons. The lowest BCUT2D eigenvalue weighted by atomic mass is 9.99. The maximum Gasteiger partial charge on any atom is 0.255 e. The van der Waals surface area contributed by atoms with Gasteiger partial charge in [-0.1, -0.05) is 19.1 Å². The molecule has 3 aromatic rings. The van der Waals surface area contributed by atoms with Gasteiger partial charge in [-0.15, -0.1) is 0 Å². The molecule has 1 fully saturated rings. The minimum Gasteiger partial charge on any atom is -0.364 e. The van der Waals surface area contributed by atoms with Crippen LogP contribution in [0.4, 0.5) is 5.82 Å². The van der Waals surface area contributed by atoms with Crippen LogP contribution >= 0.6 is 0 Å². The summed E-state index contributed by atoms with van der Waals surface area (Å²) in [5, 5.41) is 7.65. The van der Waals surface area contributed by atoms with Gasteiger partial charge in [0.05, 0.1) is 11.3 Å². The fraction of sp³-hybridized carbons (Fsp3) is 0.348. The Hall–Kier alpha value is -3.15. The van der Waals surface area contributed by atoms with Crippen molar-refractivity contribution in [2.75, 3.05) is 18.4 Å².